The summed E-state index contributed by atoms with van der Waals surface area (Å²) in [4.78, 5) is 11.2. The molecule has 0 aliphatic heterocycles. The zero-order valence-corrected chi connectivity index (χ0v) is 10.0. The number of carbonyl (C=O) groups excluding carboxylic acids is 1. The summed E-state index contributed by atoms with van der Waals surface area (Å²) in [6, 6.07) is 4.02. The summed E-state index contributed by atoms with van der Waals surface area (Å²) in [6.45, 7) is 3.97. The maximum absolute atomic E-state index is 11.2. The molecule has 0 aliphatic carbocycles. The highest BCUT2D eigenvalue weighted by Crippen LogP contribution is 2.18. The van der Waals surface area contributed by atoms with Crippen molar-refractivity contribution in [2.45, 2.75) is 26.1 Å². The molecule has 0 aromatic heterocycles. The standard InChI is InChI=1S/C12H15ClO2/c1-8-4-10(7-13)5-9(2)11(8)6-12(14)15-3/h4-5H,6-7H2,1-3H3. The van der Waals surface area contributed by atoms with Gasteiger partial charge in [-0.25, -0.2) is 0 Å². The van der Waals surface area contributed by atoms with Crippen LogP contribution in [0, 0.1) is 13.8 Å². The van der Waals surface area contributed by atoms with E-state index in [4.69, 9.17) is 11.6 Å². The lowest BCUT2D eigenvalue weighted by Crippen LogP contribution is -2.07. The molecule has 0 saturated carbocycles. The van der Waals surface area contributed by atoms with E-state index in [1.165, 1.54) is 7.11 Å². The summed E-state index contributed by atoms with van der Waals surface area (Å²) in [6.07, 6.45) is 0.330. The maximum Gasteiger partial charge on any atom is 0.309 e. The van der Waals surface area contributed by atoms with Crippen LogP contribution in [0.4, 0.5) is 0 Å². The predicted molar refractivity (Wildman–Crippen MR) is 61.2 cm³/mol. The fraction of sp³-hybridized carbons (Fsp3) is 0.417. The Morgan fingerprint density at radius 3 is 2.27 bits per heavy atom. The smallest absolute Gasteiger partial charge is 0.309 e. The van der Waals surface area contributed by atoms with E-state index in [9.17, 15) is 4.79 Å². The highest BCUT2D eigenvalue weighted by Gasteiger charge is 2.09. The molecule has 0 bridgehead atoms. The van der Waals surface area contributed by atoms with E-state index in [0.29, 0.717) is 12.3 Å². The van der Waals surface area contributed by atoms with Crippen molar-refractivity contribution < 1.29 is 9.53 Å². The second kappa shape index (κ2) is 5.17. The van der Waals surface area contributed by atoms with Gasteiger partial charge >= 0.3 is 5.97 Å². The molecule has 0 N–H and O–H groups in total. The number of ether oxygens (including phenoxy) is 1. The van der Waals surface area contributed by atoms with Crippen LogP contribution in [0.1, 0.15) is 22.3 Å². The van der Waals surface area contributed by atoms with Crippen molar-refractivity contribution in [1.29, 1.82) is 0 Å². The molecular weight excluding hydrogens is 212 g/mol. The van der Waals surface area contributed by atoms with E-state index >= 15 is 0 Å². The van der Waals surface area contributed by atoms with Gasteiger partial charge in [-0.2, -0.15) is 0 Å². The third-order valence-electron chi connectivity index (χ3n) is 2.46. The van der Waals surface area contributed by atoms with Crippen LogP contribution in [0.3, 0.4) is 0 Å². The lowest BCUT2D eigenvalue weighted by molar-refractivity contribution is -0.139. The van der Waals surface area contributed by atoms with E-state index in [0.717, 1.165) is 22.3 Å². The molecule has 0 radical (unpaired) electrons. The molecule has 15 heavy (non-hydrogen) atoms. The number of esters is 1. The molecule has 0 unspecified atom stereocenters. The van der Waals surface area contributed by atoms with Gasteiger partial charge in [-0.3, -0.25) is 4.79 Å². The van der Waals surface area contributed by atoms with Gasteiger partial charge in [-0.15, -0.1) is 11.6 Å². The molecule has 0 saturated heterocycles. The van der Waals surface area contributed by atoms with E-state index in [1.807, 2.05) is 26.0 Å². The number of aryl methyl sites for hydroxylation is 2. The lowest BCUT2D eigenvalue weighted by atomic mass is 9.97. The van der Waals surface area contributed by atoms with Gasteiger partial charge in [0.2, 0.25) is 0 Å². The van der Waals surface area contributed by atoms with Crippen molar-refractivity contribution >= 4 is 17.6 Å². The highest BCUT2D eigenvalue weighted by atomic mass is 35.5. The van der Waals surface area contributed by atoms with Crippen molar-refractivity contribution in [3.05, 3.63) is 34.4 Å². The van der Waals surface area contributed by atoms with Gasteiger partial charge in [0.1, 0.15) is 0 Å². The van der Waals surface area contributed by atoms with Crippen molar-refractivity contribution in [2.24, 2.45) is 0 Å². The molecule has 0 atom stereocenters. The van der Waals surface area contributed by atoms with E-state index in [-0.39, 0.29) is 5.97 Å². The number of carbonyl (C=O) groups is 1. The fourth-order valence-corrected chi connectivity index (χ4v) is 1.81. The van der Waals surface area contributed by atoms with Crippen LogP contribution < -0.4 is 0 Å². The average molecular weight is 227 g/mol. The Hall–Kier alpha value is -1.02. The summed E-state index contributed by atoms with van der Waals surface area (Å²) < 4.78 is 4.66. The number of rotatable bonds is 3. The molecule has 82 valence electrons. The maximum atomic E-state index is 11.2. The number of alkyl halides is 1. The van der Waals surface area contributed by atoms with E-state index < -0.39 is 0 Å². The molecule has 0 amide bonds. The van der Waals surface area contributed by atoms with Crippen LogP contribution in [0.15, 0.2) is 12.1 Å². The first kappa shape index (κ1) is 12.1. The van der Waals surface area contributed by atoms with Crippen molar-refractivity contribution in [1.82, 2.24) is 0 Å². The van der Waals surface area contributed by atoms with Crippen LogP contribution in [0.2, 0.25) is 0 Å². The van der Waals surface area contributed by atoms with E-state index in [2.05, 4.69) is 4.74 Å². The van der Waals surface area contributed by atoms with Crippen LogP contribution in [0.25, 0.3) is 0 Å². The topological polar surface area (TPSA) is 26.3 Å². The Balaban J connectivity index is 3.03. The molecule has 0 fully saturated rings. The number of methoxy groups -OCH3 is 1. The van der Waals surface area contributed by atoms with Gasteiger partial charge in [0.25, 0.3) is 0 Å². The summed E-state index contributed by atoms with van der Waals surface area (Å²) in [7, 11) is 1.40. The van der Waals surface area contributed by atoms with E-state index in [1.54, 1.807) is 0 Å². The normalized spacial score (nSPS) is 10.1. The molecule has 0 heterocycles. The molecule has 1 aromatic rings. The van der Waals surface area contributed by atoms with Crippen LogP contribution >= 0.6 is 11.6 Å². The Labute approximate surface area is 95.2 Å². The summed E-state index contributed by atoms with van der Waals surface area (Å²) in [5, 5.41) is 0. The average Bonchev–Trinajstić information content (AvgIpc) is 2.22. The monoisotopic (exact) mass is 226 g/mol. The van der Waals surface area contributed by atoms with Gasteiger partial charge < -0.3 is 4.74 Å². The minimum absolute atomic E-state index is 0.208. The number of benzene rings is 1. The lowest BCUT2D eigenvalue weighted by Gasteiger charge is -2.10. The summed E-state index contributed by atoms with van der Waals surface area (Å²) >= 11 is 5.76. The first-order chi connectivity index (χ1) is 7.08. The SMILES string of the molecule is COC(=O)Cc1c(C)cc(CCl)cc1C. The van der Waals surface area contributed by atoms with Crippen LogP contribution in [-0.2, 0) is 21.8 Å². The molecule has 3 heteroatoms. The second-order valence-electron chi connectivity index (χ2n) is 3.59. The van der Waals surface area contributed by atoms with Gasteiger partial charge in [0.05, 0.1) is 13.5 Å². The predicted octanol–water partition coefficient (Wildman–Crippen LogP) is 2.76. The van der Waals surface area contributed by atoms with Gasteiger partial charge in [0.15, 0.2) is 0 Å². The first-order valence-corrected chi connectivity index (χ1v) is 5.33. The summed E-state index contributed by atoms with van der Waals surface area (Å²) in [5.41, 5.74) is 4.31. The largest absolute Gasteiger partial charge is 0.469 e. The first-order valence-electron chi connectivity index (χ1n) is 4.80. The quantitative estimate of drug-likeness (QED) is 0.585. The van der Waals surface area contributed by atoms with Gasteiger partial charge in [0, 0.05) is 5.88 Å². The third-order valence-corrected chi connectivity index (χ3v) is 2.77. The molecule has 0 aliphatic rings. The second-order valence-corrected chi connectivity index (χ2v) is 3.86. The highest BCUT2D eigenvalue weighted by molar-refractivity contribution is 6.17. The zero-order chi connectivity index (χ0) is 11.4. The number of hydrogen-bond acceptors (Lipinski definition) is 2. The number of hydrogen-bond donors (Lipinski definition) is 0. The Morgan fingerprint density at radius 2 is 1.87 bits per heavy atom. The Kier molecular flexibility index (Phi) is 4.15. The van der Waals surface area contributed by atoms with Crippen LogP contribution in [-0.4, -0.2) is 13.1 Å². The van der Waals surface area contributed by atoms with Crippen LogP contribution in [0.5, 0.6) is 0 Å². The minimum atomic E-state index is -0.208. The van der Waals surface area contributed by atoms with Crippen molar-refractivity contribution in [3.63, 3.8) is 0 Å². The van der Waals surface area contributed by atoms with Crippen molar-refractivity contribution in [2.75, 3.05) is 7.11 Å². The molecule has 1 aromatic carbocycles. The Bertz CT molecular complexity index is 349. The van der Waals surface area contributed by atoms with Gasteiger partial charge in [-0.1, -0.05) is 12.1 Å². The Morgan fingerprint density at radius 1 is 1.33 bits per heavy atom. The number of halogens is 1. The minimum Gasteiger partial charge on any atom is -0.469 e. The summed E-state index contributed by atoms with van der Waals surface area (Å²) in [5.74, 6) is 0.292. The van der Waals surface area contributed by atoms with Crippen molar-refractivity contribution in [3.8, 4) is 0 Å². The fourth-order valence-electron chi connectivity index (χ4n) is 1.66. The third kappa shape index (κ3) is 2.96. The molecule has 0 spiro atoms. The zero-order valence-electron chi connectivity index (χ0n) is 9.26. The molecule has 1 rings (SSSR count). The van der Waals surface area contributed by atoms with Gasteiger partial charge in [-0.05, 0) is 36.1 Å². The molecular formula is C12H15ClO2. The molecule has 2 nitrogen and oxygen atoms in total.